The van der Waals surface area contributed by atoms with E-state index >= 15 is 0 Å². The number of likely N-dealkylation sites (tertiary alicyclic amines) is 1. The van der Waals surface area contributed by atoms with Crippen LogP contribution < -0.4 is 10.6 Å². The Kier molecular flexibility index (Phi) is 11.3. The summed E-state index contributed by atoms with van der Waals surface area (Å²) in [6.45, 7) is 8.84. The summed E-state index contributed by atoms with van der Waals surface area (Å²) in [6.07, 6.45) is 2.53. The molecule has 0 bridgehead atoms. The van der Waals surface area contributed by atoms with Gasteiger partial charge in [0.25, 0.3) is 0 Å². The van der Waals surface area contributed by atoms with E-state index in [4.69, 9.17) is 10.00 Å². The molecule has 0 unspecified atom stereocenters. The Morgan fingerprint density at radius 3 is 2.52 bits per heavy atom. The molecule has 1 aliphatic rings. The molecule has 0 aliphatic carbocycles. The fraction of sp³-hybridized carbons (Fsp3) is 0.600. The number of nitrogens with one attached hydrogen (secondary N) is 2. The maximum atomic E-state index is 8.85. The Balaban J connectivity index is 0.00000364. The van der Waals surface area contributed by atoms with Gasteiger partial charge >= 0.3 is 0 Å². The molecule has 6 nitrogen and oxygen atoms in total. The number of guanidine groups is 1. The molecule has 0 saturated carbocycles. The lowest BCUT2D eigenvalue weighted by molar-refractivity contribution is 0.0532. The number of halogens is 1. The Bertz CT molecular complexity index is 604. The van der Waals surface area contributed by atoms with E-state index in [9.17, 15) is 0 Å². The van der Waals surface area contributed by atoms with Crippen LogP contribution in [0.15, 0.2) is 29.3 Å². The SMILES string of the molecule is CN=C(NCc1ccc(C#N)cc1)NC1CCN(CCOC(C)C)CC1.I. The molecular formula is C20H32IN5O. The number of benzene rings is 1. The molecule has 0 aromatic heterocycles. The minimum Gasteiger partial charge on any atom is -0.377 e. The summed E-state index contributed by atoms with van der Waals surface area (Å²) >= 11 is 0. The van der Waals surface area contributed by atoms with Crippen molar-refractivity contribution in [3.63, 3.8) is 0 Å². The standard InChI is InChI=1S/C20H31N5O.HI/c1-16(2)26-13-12-25-10-8-19(9-11-25)24-20(22-3)23-15-18-6-4-17(14-21)5-7-18;/h4-7,16,19H,8-13,15H2,1-3H3,(H2,22,23,24);1H. The number of hydrogen-bond acceptors (Lipinski definition) is 4. The lowest BCUT2D eigenvalue weighted by Gasteiger charge is -2.33. The van der Waals surface area contributed by atoms with E-state index in [1.54, 1.807) is 7.05 Å². The first kappa shape index (κ1) is 23.7. The molecule has 2 rings (SSSR count). The van der Waals surface area contributed by atoms with Gasteiger partial charge in [0.15, 0.2) is 5.96 Å². The first-order chi connectivity index (χ1) is 12.6. The van der Waals surface area contributed by atoms with Crippen LogP contribution >= 0.6 is 24.0 Å². The van der Waals surface area contributed by atoms with Crippen molar-refractivity contribution in [3.8, 4) is 6.07 Å². The van der Waals surface area contributed by atoms with Gasteiger partial charge < -0.3 is 20.3 Å². The molecule has 1 heterocycles. The maximum absolute atomic E-state index is 8.85. The summed E-state index contributed by atoms with van der Waals surface area (Å²) in [5, 5.41) is 15.7. The second kappa shape index (κ2) is 12.9. The molecule has 7 heteroatoms. The number of nitrogens with zero attached hydrogens (tertiary/aromatic N) is 3. The fourth-order valence-corrected chi connectivity index (χ4v) is 2.99. The molecule has 150 valence electrons. The summed E-state index contributed by atoms with van der Waals surface area (Å²) in [7, 11) is 1.80. The summed E-state index contributed by atoms with van der Waals surface area (Å²) < 4.78 is 5.64. The van der Waals surface area contributed by atoms with Crippen molar-refractivity contribution in [2.45, 2.75) is 45.4 Å². The molecule has 0 spiro atoms. The van der Waals surface area contributed by atoms with E-state index in [1.807, 2.05) is 24.3 Å². The van der Waals surface area contributed by atoms with E-state index in [0.29, 0.717) is 24.3 Å². The highest BCUT2D eigenvalue weighted by atomic mass is 127. The van der Waals surface area contributed by atoms with Gasteiger partial charge in [-0.2, -0.15) is 5.26 Å². The molecule has 0 atom stereocenters. The molecule has 2 N–H and O–H groups in total. The van der Waals surface area contributed by atoms with Crippen molar-refractivity contribution in [2.75, 3.05) is 33.3 Å². The van der Waals surface area contributed by atoms with Crippen molar-refractivity contribution in [1.82, 2.24) is 15.5 Å². The zero-order valence-corrected chi connectivity index (χ0v) is 18.9. The summed E-state index contributed by atoms with van der Waals surface area (Å²) in [5.74, 6) is 0.830. The number of ether oxygens (including phenoxy) is 1. The van der Waals surface area contributed by atoms with Gasteiger partial charge in [-0.3, -0.25) is 4.99 Å². The second-order valence-electron chi connectivity index (χ2n) is 6.91. The van der Waals surface area contributed by atoms with Crippen LogP contribution in [0.4, 0.5) is 0 Å². The van der Waals surface area contributed by atoms with Crippen molar-refractivity contribution < 1.29 is 4.74 Å². The molecule has 1 aromatic carbocycles. The van der Waals surface area contributed by atoms with E-state index < -0.39 is 0 Å². The van der Waals surface area contributed by atoms with Gasteiger partial charge in [-0.05, 0) is 44.4 Å². The minimum absolute atomic E-state index is 0. The van der Waals surface area contributed by atoms with Crippen LogP contribution in [0.2, 0.25) is 0 Å². The quantitative estimate of drug-likeness (QED) is 0.353. The van der Waals surface area contributed by atoms with Gasteiger partial charge in [0.1, 0.15) is 0 Å². The molecule has 1 aliphatic heterocycles. The number of aliphatic imine (C=N–C) groups is 1. The average Bonchev–Trinajstić information content (AvgIpc) is 2.66. The molecule has 0 radical (unpaired) electrons. The zero-order valence-electron chi connectivity index (χ0n) is 16.6. The van der Waals surface area contributed by atoms with Gasteiger partial charge in [-0.1, -0.05) is 12.1 Å². The Morgan fingerprint density at radius 2 is 1.96 bits per heavy atom. The molecule has 1 fully saturated rings. The predicted octanol–water partition coefficient (Wildman–Crippen LogP) is 2.73. The number of piperidine rings is 1. The van der Waals surface area contributed by atoms with Crippen molar-refractivity contribution in [2.24, 2.45) is 4.99 Å². The smallest absolute Gasteiger partial charge is 0.191 e. The molecular weight excluding hydrogens is 453 g/mol. The third kappa shape index (κ3) is 8.91. The summed E-state index contributed by atoms with van der Waals surface area (Å²) in [4.78, 5) is 6.79. The monoisotopic (exact) mass is 485 g/mol. The van der Waals surface area contributed by atoms with Crippen molar-refractivity contribution in [3.05, 3.63) is 35.4 Å². The molecule has 1 aromatic rings. The van der Waals surface area contributed by atoms with Gasteiger partial charge in [0, 0.05) is 39.3 Å². The number of rotatable bonds is 7. The first-order valence-corrected chi connectivity index (χ1v) is 9.41. The lowest BCUT2D eigenvalue weighted by atomic mass is 10.1. The molecule has 27 heavy (non-hydrogen) atoms. The zero-order chi connectivity index (χ0) is 18.8. The van der Waals surface area contributed by atoms with Crippen LogP contribution in [0.1, 0.15) is 37.8 Å². The predicted molar refractivity (Wildman–Crippen MR) is 120 cm³/mol. The van der Waals surface area contributed by atoms with Crippen LogP contribution in [0.3, 0.4) is 0 Å². The first-order valence-electron chi connectivity index (χ1n) is 9.41. The highest BCUT2D eigenvalue weighted by Gasteiger charge is 2.19. The second-order valence-corrected chi connectivity index (χ2v) is 6.91. The van der Waals surface area contributed by atoms with E-state index in [0.717, 1.165) is 50.6 Å². The lowest BCUT2D eigenvalue weighted by Crippen LogP contribution is -2.49. The summed E-state index contributed by atoms with van der Waals surface area (Å²) in [5.41, 5.74) is 1.81. The van der Waals surface area contributed by atoms with Crippen LogP contribution in [-0.2, 0) is 11.3 Å². The van der Waals surface area contributed by atoms with Crippen LogP contribution in [-0.4, -0.2) is 56.3 Å². The highest BCUT2D eigenvalue weighted by molar-refractivity contribution is 14.0. The average molecular weight is 485 g/mol. The van der Waals surface area contributed by atoms with Gasteiger partial charge in [0.05, 0.1) is 24.3 Å². The maximum Gasteiger partial charge on any atom is 0.191 e. The van der Waals surface area contributed by atoms with Gasteiger partial charge in [-0.15, -0.1) is 24.0 Å². The Hall–Kier alpha value is -1.37. The van der Waals surface area contributed by atoms with E-state index in [2.05, 4.69) is 40.4 Å². The van der Waals surface area contributed by atoms with Gasteiger partial charge in [-0.25, -0.2) is 0 Å². The Labute approximate surface area is 180 Å². The van der Waals surface area contributed by atoms with E-state index in [-0.39, 0.29) is 24.0 Å². The van der Waals surface area contributed by atoms with Gasteiger partial charge in [0.2, 0.25) is 0 Å². The van der Waals surface area contributed by atoms with Crippen molar-refractivity contribution in [1.29, 1.82) is 5.26 Å². The molecule has 1 saturated heterocycles. The third-order valence-corrected chi connectivity index (χ3v) is 4.55. The van der Waals surface area contributed by atoms with Crippen LogP contribution in [0.25, 0.3) is 0 Å². The number of hydrogen-bond donors (Lipinski definition) is 2. The third-order valence-electron chi connectivity index (χ3n) is 4.55. The fourth-order valence-electron chi connectivity index (χ4n) is 2.99. The largest absolute Gasteiger partial charge is 0.377 e. The highest BCUT2D eigenvalue weighted by Crippen LogP contribution is 2.10. The Morgan fingerprint density at radius 1 is 1.30 bits per heavy atom. The van der Waals surface area contributed by atoms with Crippen molar-refractivity contribution >= 4 is 29.9 Å². The molecule has 0 amide bonds. The summed E-state index contributed by atoms with van der Waals surface area (Å²) in [6, 6.07) is 10.2. The van der Waals surface area contributed by atoms with E-state index in [1.165, 1.54) is 0 Å². The van der Waals surface area contributed by atoms with Crippen LogP contribution in [0, 0.1) is 11.3 Å². The number of nitriles is 1. The topological polar surface area (TPSA) is 72.7 Å². The minimum atomic E-state index is 0. The normalized spacial score (nSPS) is 15.9. The van der Waals surface area contributed by atoms with Crippen LogP contribution in [0.5, 0.6) is 0 Å².